The van der Waals surface area contributed by atoms with Gasteiger partial charge in [0.25, 0.3) is 0 Å². The fraction of sp³-hybridized carbons (Fsp3) is 0.529. The molecule has 2 aliphatic heterocycles. The molecule has 146 valence electrons. The SMILES string of the molecule is NC(CCCO)C(=O)N1CC(Oc2ccc3c(c2C(=O)O)OB(O)CC3)C1. The van der Waals surface area contributed by atoms with Crippen LogP contribution in [-0.2, 0) is 11.2 Å². The van der Waals surface area contributed by atoms with Crippen molar-refractivity contribution in [3.63, 3.8) is 0 Å². The number of carboxylic acids is 1. The van der Waals surface area contributed by atoms with Crippen molar-refractivity contribution < 1.29 is 34.2 Å². The lowest BCUT2D eigenvalue weighted by Gasteiger charge is -2.40. The topological polar surface area (TPSA) is 143 Å². The van der Waals surface area contributed by atoms with E-state index in [9.17, 15) is 19.7 Å². The molecule has 1 unspecified atom stereocenters. The Labute approximate surface area is 156 Å². The molecule has 1 aromatic carbocycles. The number of benzene rings is 1. The lowest BCUT2D eigenvalue weighted by atomic mass is 9.78. The first kappa shape index (κ1) is 19.5. The molecule has 3 rings (SSSR count). The number of likely N-dealkylation sites (tertiary alicyclic amines) is 1. The first-order chi connectivity index (χ1) is 12.9. The smallest absolute Gasteiger partial charge is 0.522 e. The number of fused-ring (bicyclic) bond motifs is 1. The monoisotopic (exact) mass is 378 g/mol. The van der Waals surface area contributed by atoms with E-state index in [0.29, 0.717) is 44.2 Å². The number of hydrogen-bond acceptors (Lipinski definition) is 7. The minimum absolute atomic E-state index is 0.0141. The molecule has 1 fully saturated rings. The van der Waals surface area contributed by atoms with Crippen molar-refractivity contribution in [2.45, 2.75) is 37.7 Å². The van der Waals surface area contributed by atoms with E-state index in [1.165, 1.54) is 0 Å². The van der Waals surface area contributed by atoms with Gasteiger partial charge in [0.1, 0.15) is 23.2 Å². The zero-order chi connectivity index (χ0) is 19.6. The van der Waals surface area contributed by atoms with Gasteiger partial charge in [-0.25, -0.2) is 4.79 Å². The molecule has 10 heteroatoms. The molecule has 1 saturated heterocycles. The zero-order valence-electron chi connectivity index (χ0n) is 14.8. The van der Waals surface area contributed by atoms with Crippen LogP contribution in [0.4, 0.5) is 0 Å². The normalized spacial score (nSPS) is 17.6. The number of aliphatic hydroxyl groups excluding tert-OH is 1. The van der Waals surface area contributed by atoms with Crippen LogP contribution in [0.2, 0.25) is 6.32 Å². The van der Waals surface area contributed by atoms with Gasteiger partial charge in [0.15, 0.2) is 0 Å². The van der Waals surface area contributed by atoms with Crippen LogP contribution in [0.5, 0.6) is 11.5 Å². The average Bonchev–Trinajstić information content (AvgIpc) is 2.60. The van der Waals surface area contributed by atoms with Crippen LogP contribution in [0, 0.1) is 0 Å². The quantitative estimate of drug-likeness (QED) is 0.465. The Hall–Kier alpha value is -2.30. The maximum Gasteiger partial charge on any atom is 0.522 e. The van der Waals surface area contributed by atoms with E-state index in [1.807, 2.05) is 0 Å². The van der Waals surface area contributed by atoms with Crippen LogP contribution < -0.4 is 15.1 Å². The van der Waals surface area contributed by atoms with Crippen molar-refractivity contribution in [2.24, 2.45) is 5.73 Å². The molecule has 1 aromatic rings. The average molecular weight is 378 g/mol. The van der Waals surface area contributed by atoms with Crippen LogP contribution in [0.1, 0.15) is 28.8 Å². The third-order valence-corrected chi connectivity index (χ3v) is 4.77. The van der Waals surface area contributed by atoms with Gasteiger partial charge in [-0.2, -0.15) is 0 Å². The number of nitrogens with zero attached hydrogens (tertiary/aromatic N) is 1. The third-order valence-electron chi connectivity index (χ3n) is 4.77. The van der Waals surface area contributed by atoms with Crippen LogP contribution in [-0.4, -0.2) is 71.0 Å². The molecule has 2 aliphatic rings. The summed E-state index contributed by atoms with van der Waals surface area (Å²) in [4.78, 5) is 25.4. The van der Waals surface area contributed by atoms with E-state index in [2.05, 4.69) is 0 Å². The standard InChI is InChI=1S/C17H23BN2O7/c19-12(2-1-7-21)16(22)20-8-11(9-20)26-13-4-3-10-5-6-18(25)27-15(10)14(13)17(23)24/h3-4,11-12,21,25H,1-2,5-9,19H2,(H,23,24). The van der Waals surface area contributed by atoms with Crippen molar-refractivity contribution >= 4 is 19.0 Å². The molecular formula is C17H23BN2O7. The first-order valence-electron chi connectivity index (χ1n) is 8.96. The molecule has 27 heavy (non-hydrogen) atoms. The molecule has 0 aromatic heterocycles. The summed E-state index contributed by atoms with van der Waals surface area (Å²) in [5, 5.41) is 28.0. The molecule has 1 atom stereocenters. The molecular weight excluding hydrogens is 355 g/mol. The van der Waals surface area contributed by atoms with Gasteiger partial charge in [-0.05, 0) is 37.2 Å². The van der Waals surface area contributed by atoms with E-state index in [0.717, 1.165) is 0 Å². The van der Waals surface area contributed by atoms with Crippen LogP contribution in [0.25, 0.3) is 0 Å². The lowest BCUT2D eigenvalue weighted by Crippen LogP contribution is -2.59. The van der Waals surface area contributed by atoms with Gasteiger partial charge in [-0.1, -0.05) is 6.07 Å². The summed E-state index contributed by atoms with van der Waals surface area (Å²) in [5.41, 5.74) is 6.40. The number of aryl methyl sites for hydroxylation is 1. The fourth-order valence-electron chi connectivity index (χ4n) is 3.26. The van der Waals surface area contributed by atoms with E-state index in [4.69, 9.17) is 20.2 Å². The van der Waals surface area contributed by atoms with Crippen LogP contribution in [0.3, 0.4) is 0 Å². The Morgan fingerprint density at radius 1 is 1.41 bits per heavy atom. The van der Waals surface area contributed by atoms with E-state index >= 15 is 0 Å². The van der Waals surface area contributed by atoms with Gasteiger partial charge >= 0.3 is 13.1 Å². The lowest BCUT2D eigenvalue weighted by molar-refractivity contribution is -0.141. The zero-order valence-corrected chi connectivity index (χ0v) is 14.8. The van der Waals surface area contributed by atoms with E-state index in [1.54, 1.807) is 17.0 Å². The highest BCUT2D eigenvalue weighted by Gasteiger charge is 2.36. The molecule has 0 spiro atoms. The molecule has 0 aliphatic carbocycles. The predicted octanol–water partition coefficient (Wildman–Crippen LogP) is -0.510. The second-order valence-electron chi connectivity index (χ2n) is 6.80. The second kappa shape index (κ2) is 8.16. The van der Waals surface area contributed by atoms with E-state index < -0.39 is 19.1 Å². The summed E-state index contributed by atoms with van der Waals surface area (Å²) in [5.74, 6) is -1.12. The highest BCUT2D eigenvalue weighted by molar-refractivity contribution is 6.44. The highest BCUT2D eigenvalue weighted by Crippen LogP contribution is 2.37. The third kappa shape index (κ3) is 4.18. The predicted molar refractivity (Wildman–Crippen MR) is 95.8 cm³/mol. The minimum Gasteiger partial charge on any atom is -0.535 e. The maximum absolute atomic E-state index is 12.2. The van der Waals surface area contributed by atoms with Gasteiger partial charge in [0, 0.05) is 6.61 Å². The number of rotatable bonds is 7. The summed E-state index contributed by atoms with van der Waals surface area (Å²) in [6, 6.07) is 2.65. The summed E-state index contributed by atoms with van der Waals surface area (Å²) < 4.78 is 11.1. The van der Waals surface area contributed by atoms with Crippen molar-refractivity contribution in [1.29, 1.82) is 0 Å². The molecule has 0 radical (unpaired) electrons. The molecule has 5 N–H and O–H groups in total. The van der Waals surface area contributed by atoms with Gasteiger partial charge in [-0.3, -0.25) is 4.79 Å². The molecule has 1 amide bonds. The Morgan fingerprint density at radius 3 is 2.81 bits per heavy atom. The molecule has 2 heterocycles. The largest absolute Gasteiger partial charge is 0.535 e. The number of nitrogens with two attached hydrogens (primary N) is 1. The molecule has 9 nitrogen and oxygen atoms in total. The van der Waals surface area contributed by atoms with Gasteiger partial charge in [-0.15, -0.1) is 0 Å². The van der Waals surface area contributed by atoms with Gasteiger partial charge < -0.3 is 35.3 Å². The highest BCUT2D eigenvalue weighted by atomic mass is 16.5. The molecule has 0 saturated carbocycles. The number of carboxylic acid groups (broad SMARTS) is 1. The molecule has 0 bridgehead atoms. The maximum atomic E-state index is 12.2. The number of carbonyl (C=O) groups is 2. The van der Waals surface area contributed by atoms with Crippen LogP contribution in [0.15, 0.2) is 12.1 Å². The number of aliphatic hydroxyl groups is 1. The van der Waals surface area contributed by atoms with Gasteiger partial charge in [0.2, 0.25) is 5.91 Å². The van der Waals surface area contributed by atoms with Crippen molar-refractivity contribution in [3.05, 3.63) is 23.3 Å². The minimum atomic E-state index is -1.20. The summed E-state index contributed by atoms with van der Waals surface area (Å²) in [6.07, 6.45) is 1.45. The van der Waals surface area contributed by atoms with Gasteiger partial charge in [0.05, 0.1) is 19.1 Å². The van der Waals surface area contributed by atoms with Crippen LogP contribution >= 0.6 is 0 Å². The number of amides is 1. The second-order valence-corrected chi connectivity index (χ2v) is 6.80. The Balaban J connectivity index is 1.65. The Morgan fingerprint density at radius 2 is 2.15 bits per heavy atom. The fourth-order valence-corrected chi connectivity index (χ4v) is 3.26. The summed E-state index contributed by atoms with van der Waals surface area (Å²) in [7, 11) is -1.04. The van der Waals surface area contributed by atoms with E-state index in [-0.39, 0.29) is 35.7 Å². The Bertz CT molecular complexity index is 723. The number of aromatic carboxylic acids is 1. The summed E-state index contributed by atoms with van der Waals surface area (Å²) in [6.45, 7) is 0.607. The first-order valence-corrected chi connectivity index (χ1v) is 8.96. The van der Waals surface area contributed by atoms with Crippen molar-refractivity contribution in [2.75, 3.05) is 19.7 Å². The number of carbonyl (C=O) groups excluding carboxylic acids is 1. The Kier molecular flexibility index (Phi) is 5.88. The van der Waals surface area contributed by atoms with Crippen molar-refractivity contribution in [3.8, 4) is 11.5 Å². The number of hydrogen-bond donors (Lipinski definition) is 4. The number of ether oxygens (including phenoxy) is 1. The van der Waals surface area contributed by atoms with Crippen molar-refractivity contribution in [1.82, 2.24) is 4.90 Å². The summed E-state index contributed by atoms with van der Waals surface area (Å²) >= 11 is 0.